The molecule has 1 aromatic heterocycles. The molecule has 3 heterocycles. The topological polar surface area (TPSA) is 60.6 Å². The molecule has 2 fully saturated rings. The van der Waals surface area contributed by atoms with Gasteiger partial charge in [-0.25, -0.2) is 4.98 Å². The fourth-order valence-electron chi connectivity index (χ4n) is 2.47. The highest BCUT2D eigenvalue weighted by molar-refractivity contribution is 6.31. The largest absolute Gasteiger partial charge is 0.396 e. The molecule has 0 amide bonds. The van der Waals surface area contributed by atoms with E-state index in [0.29, 0.717) is 24.1 Å². The van der Waals surface area contributed by atoms with E-state index in [-0.39, 0.29) is 5.79 Å². The van der Waals surface area contributed by atoms with Crippen LogP contribution < -0.4 is 10.6 Å². The van der Waals surface area contributed by atoms with Gasteiger partial charge in [-0.05, 0) is 12.1 Å². The molecule has 1 spiro atoms. The molecule has 0 radical (unpaired) electrons. The number of halogens is 1. The zero-order valence-electron chi connectivity index (χ0n) is 10.1. The lowest BCUT2D eigenvalue weighted by Crippen LogP contribution is -2.45. The molecule has 0 aromatic carbocycles. The van der Waals surface area contributed by atoms with Crippen molar-refractivity contribution in [3.05, 3.63) is 17.3 Å². The van der Waals surface area contributed by atoms with Gasteiger partial charge >= 0.3 is 0 Å². The van der Waals surface area contributed by atoms with Crippen molar-refractivity contribution in [1.29, 1.82) is 0 Å². The van der Waals surface area contributed by atoms with E-state index in [1.807, 2.05) is 6.07 Å². The number of rotatable bonds is 1. The van der Waals surface area contributed by atoms with Crippen molar-refractivity contribution < 1.29 is 9.47 Å². The maximum Gasteiger partial charge on any atom is 0.171 e. The third-order valence-corrected chi connectivity index (χ3v) is 3.83. The molecule has 0 aliphatic carbocycles. The number of nitrogen functional groups attached to an aromatic ring is 1. The molecule has 0 atom stereocenters. The van der Waals surface area contributed by atoms with E-state index in [1.165, 1.54) is 0 Å². The Bertz CT molecular complexity index is 439. The lowest BCUT2D eigenvalue weighted by atomic mass is 10.0. The third kappa shape index (κ3) is 2.13. The minimum absolute atomic E-state index is 0.353. The summed E-state index contributed by atoms with van der Waals surface area (Å²) in [5.41, 5.74) is 6.17. The predicted molar refractivity (Wildman–Crippen MR) is 69.7 cm³/mol. The molecular weight excluding hydrogens is 254 g/mol. The van der Waals surface area contributed by atoms with Crippen LogP contribution in [-0.4, -0.2) is 37.1 Å². The number of nitrogens with two attached hydrogens (primary N) is 1. The van der Waals surface area contributed by atoms with Crippen LogP contribution in [0.15, 0.2) is 12.1 Å². The summed E-state index contributed by atoms with van der Waals surface area (Å²) < 4.78 is 11.4. The van der Waals surface area contributed by atoms with Crippen LogP contribution >= 0.6 is 11.6 Å². The molecule has 1 aromatic rings. The average molecular weight is 270 g/mol. The number of ether oxygens (including phenoxy) is 2. The molecule has 0 bridgehead atoms. The SMILES string of the molecule is Nc1ccc(N2CCC3(CC2)OCCO3)nc1Cl. The van der Waals surface area contributed by atoms with Crippen LogP contribution in [0.25, 0.3) is 0 Å². The van der Waals surface area contributed by atoms with Gasteiger partial charge in [0.15, 0.2) is 10.9 Å². The van der Waals surface area contributed by atoms with Crippen LogP contribution in [0.4, 0.5) is 11.5 Å². The van der Waals surface area contributed by atoms with Crippen molar-refractivity contribution in [3.63, 3.8) is 0 Å². The molecule has 0 saturated carbocycles. The number of anilines is 2. The second kappa shape index (κ2) is 4.57. The molecule has 2 aliphatic rings. The van der Waals surface area contributed by atoms with E-state index in [9.17, 15) is 0 Å². The van der Waals surface area contributed by atoms with Crippen LogP contribution in [0.5, 0.6) is 0 Å². The number of nitrogens with zero attached hydrogens (tertiary/aromatic N) is 2. The zero-order valence-corrected chi connectivity index (χ0v) is 10.8. The molecule has 2 aliphatic heterocycles. The molecule has 6 heteroatoms. The third-order valence-electron chi connectivity index (χ3n) is 3.53. The quantitative estimate of drug-likeness (QED) is 0.786. The maximum absolute atomic E-state index is 5.94. The Morgan fingerprint density at radius 1 is 1.22 bits per heavy atom. The van der Waals surface area contributed by atoms with E-state index >= 15 is 0 Å². The molecule has 3 rings (SSSR count). The Morgan fingerprint density at radius 3 is 2.50 bits per heavy atom. The number of hydrogen-bond acceptors (Lipinski definition) is 5. The van der Waals surface area contributed by atoms with Gasteiger partial charge in [0.1, 0.15) is 5.82 Å². The minimum atomic E-state index is -0.353. The van der Waals surface area contributed by atoms with Crippen LogP contribution in [0, 0.1) is 0 Å². The maximum atomic E-state index is 5.94. The van der Waals surface area contributed by atoms with Crippen LogP contribution in [-0.2, 0) is 9.47 Å². The van der Waals surface area contributed by atoms with Gasteiger partial charge in [-0.1, -0.05) is 11.6 Å². The second-order valence-corrected chi connectivity index (χ2v) is 5.00. The van der Waals surface area contributed by atoms with Crippen molar-refractivity contribution in [2.75, 3.05) is 36.9 Å². The fourth-order valence-corrected chi connectivity index (χ4v) is 2.62. The first-order valence-corrected chi connectivity index (χ1v) is 6.51. The standard InChI is InChI=1S/C12H16ClN3O2/c13-11-9(14)1-2-10(15-11)16-5-3-12(4-6-16)17-7-8-18-12/h1-2H,3-8,14H2. The molecule has 0 unspecified atom stereocenters. The smallest absolute Gasteiger partial charge is 0.171 e. The predicted octanol–water partition coefficient (Wildman–Crippen LogP) is 1.66. The summed E-state index contributed by atoms with van der Waals surface area (Å²) in [7, 11) is 0. The van der Waals surface area contributed by atoms with Gasteiger partial charge in [-0.3, -0.25) is 0 Å². The average Bonchev–Trinajstić information content (AvgIpc) is 2.82. The minimum Gasteiger partial charge on any atom is -0.396 e. The van der Waals surface area contributed by atoms with Gasteiger partial charge in [0.05, 0.1) is 18.9 Å². The van der Waals surface area contributed by atoms with Gasteiger partial charge in [-0.2, -0.15) is 0 Å². The highest BCUT2D eigenvalue weighted by atomic mass is 35.5. The normalized spacial score (nSPS) is 22.6. The molecule has 98 valence electrons. The summed E-state index contributed by atoms with van der Waals surface area (Å²) in [6, 6.07) is 3.69. The zero-order chi connectivity index (χ0) is 12.6. The van der Waals surface area contributed by atoms with Crippen molar-refractivity contribution in [3.8, 4) is 0 Å². The Balaban J connectivity index is 1.70. The van der Waals surface area contributed by atoms with E-state index in [2.05, 4.69) is 9.88 Å². The van der Waals surface area contributed by atoms with Crippen molar-refractivity contribution in [1.82, 2.24) is 4.98 Å². The molecule has 2 N–H and O–H groups in total. The van der Waals surface area contributed by atoms with Gasteiger partial charge < -0.3 is 20.1 Å². The fraction of sp³-hybridized carbons (Fsp3) is 0.583. The van der Waals surface area contributed by atoms with Gasteiger partial charge in [-0.15, -0.1) is 0 Å². The molecule has 2 saturated heterocycles. The summed E-state index contributed by atoms with van der Waals surface area (Å²) >= 11 is 5.94. The summed E-state index contributed by atoms with van der Waals surface area (Å²) in [6.07, 6.45) is 1.72. The van der Waals surface area contributed by atoms with Crippen LogP contribution in [0.2, 0.25) is 5.15 Å². The number of aromatic nitrogens is 1. The highest BCUT2D eigenvalue weighted by Crippen LogP contribution is 2.33. The molecule has 18 heavy (non-hydrogen) atoms. The number of pyridine rings is 1. The first-order valence-electron chi connectivity index (χ1n) is 6.13. The van der Waals surface area contributed by atoms with E-state index in [1.54, 1.807) is 6.07 Å². The summed E-state index contributed by atoms with van der Waals surface area (Å²) in [6.45, 7) is 3.11. The monoisotopic (exact) mass is 269 g/mol. The summed E-state index contributed by atoms with van der Waals surface area (Å²) in [5.74, 6) is 0.510. The van der Waals surface area contributed by atoms with E-state index < -0.39 is 0 Å². The first kappa shape index (κ1) is 12.0. The molecule has 5 nitrogen and oxygen atoms in total. The van der Waals surface area contributed by atoms with Crippen molar-refractivity contribution in [2.45, 2.75) is 18.6 Å². The first-order chi connectivity index (χ1) is 8.69. The lowest BCUT2D eigenvalue weighted by Gasteiger charge is -2.38. The Morgan fingerprint density at radius 2 is 1.89 bits per heavy atom. The Hall–Kier alpha value is -1.04. The summed E-state index contributed by atoms with van der Waals surface area (Å²) in [4.78, 5) is 6.48. The van der Waals surface area contributed by atoms with Crippen LogP contribution in [0.1, 0.15) is 12.8 Å². The second-order valence-electron chi connectivity index (χ2n) is 4.64. The lowest BCUT2D eigenvalue weighted by molar-refractivity contribution is -0.169. The van der Waals surface area contributed by atoms with E-state index in [4.69, 9.17) is 26.8 Å². The number of hydrogen-bond donors (Lipinski definition) is 1. The Kier molecular flexibility index (Phi) is 3.05. The number of piperidine rings is 1. The van der Waals surface area contributed by atoms with Gasteiger partial charge in [0, 0.05) is 25.9 Å². The summed E-state index contributed by atoms with van der Waals surface area (Å²) in [5, 5.41) is 0.362. The van der Waals surface area contributed by atoms with Crippen LogP contribution in [0.3, 0.4) is 0 Å². The Labute approximate surface area is 111 Å². The van der Waals surface area contributed by atoms with Gasteiger partial charge in [0.25, 0.3) is 0 Å². The van der Waals surface area contributed by atoms with Crippen molar-refractivity contribution in [2.24, 2.45) is 0 Å². The highest BCUT2D eigenvalue weighted by Gasteiger charge is 2.40. The van der Waals surface area contributed by atoms with E-state index in [0.717, 1.165) is 31.7 Å². The van der Waals surface area contributed by atoms with Crippen molar-refractivity contribution >= 4 is 23.1 Å². The van der Waals surface area contributed by atoms with Gasteiger partial charge in [0.2, 0.25) is 0 Å². The molecular formula is C12H16ClN3O2.